The topological polar surface area (TPSA) is 68.8 Å². The number of ether oxygens (including phenoxy) is 1. The summed E-state index contributed by atoms with van der Waals surface area (Å²) >= 11 is 0. The standard InChI is InChI=1S/C22H18FN3O/c1-14-20(11-24)22(21(12-25)15(2)26-14)17-4-3-5-19(10-17)27-13-16-6-8-18(23)9-7-16/h3-10,22,26H,13H2,1-2H3. The van der Waals surface area contributed by atoms with Crippen molar-refractivity contribution in [3.8, 4) is 17.9 Å². The van der Waals surface area contributed by atoms with Gasteiger partial charge in [0.05, 0.1) is 29.2 Å². The number of nitrogens with zero attached hydrogens (tertiary/aromatic N) is 2. The van der Waals surface area contributed by atoms with E-state index in [0.717, 1.165) is 22.5 Å². The lowest BCUT2D eigenvalue weighted by molar-refractivity contribution is 0.305. The van der Waals surface area contributed by atoms with Crippen LogP contribution in [0, 0.1) is 28.5 Å². The van der Waals surface area contributed by atoms with Gasteiger partial charge in [-0.15, -0.1) is 0 Å². The first-order chi connectivity index (χ1) is 13.0. The zero-order valence-electron chi connectivity index (χ0n) is 15.1. The van der Waals surface area contributed by atoms with Crippen LogP contribution in [-0.4, -0.2) is 0 Å². The summed E-state index contributed by atoms with van der Waals surface area (Å²) in [6.07, 6.45) is 0. The molecule has 2 aromatic rings. The number of rotatable bonds is 4. The Morgan fingerprint density at radius 2 is 1.63 bits per heavy atom. The molecule has 0 bridgehead atoms. The van der Waals surface area contributed by atoms with Crippen molar-refractivity contribution in [1.82, 2.24) is 5.32 Å². The second-order valence-corrected chi connectivity index (χ2v) is 6.35. The van der Waals surface area contributed by atoms with E-state index in [2.05, 4.69) is 17.5 Å². The van der Waals surface area contributed by atoms with Crippen LogP contribution in [-0.2, 0) is 6.61 Å². The van der Waals surface area contributed by atoms with Crippen LogP contribution >= 0.6 is 0 Å². The van der Waals surface area contributed by atoms with E-state index in [-0.39, 0.29) is 5.82 Å². The molecule has 0 unspecified atom stereocenters. The fourth-order valence-electron chi connectivity index (χ4n) is 3.15. The van der Waals surface area contributed by atoms with E-state index in [4.69, 9.17) is 4.74 Å². The molecule has 0 saturated carbocycles. The molecule has 0 saturated heterocycles. The molecule has 2 aromatic carbocycles. The summed E-state index contributed by atoms with van der Waals surface area (Å²) in [5, 5.41) is 22.3. The van der Waals surface area contributed by atoms with Crippen molar-refractivity contribution in [3.05, 3.63) is 88.0 Å². The summed E-state index contributed by atoms with van der Waals surface area (Å²) in [4.78, 5) is 0. The number of hydrogen-bond acceptors (Lipinski definition) is 4. The summed E-state index contributed by atoms with van der Waals surface area (Å²) in [6.45, 7) is 3.96. The van der Waals surface area contributed by atoms with Gasteiger partial charge in [0.2, 0.25) is 0 Å². The van der Waals surface area contributed by atoms with Crippen LogP contribution in [0.3, 0.4) is 0 Å². The molecule has 0 fully saturated rings. The molecule has 1 aliphatic rings. The van der Waals surface area contributed by atoms with E-state index in [0.29, 0.717) is 23.5 Å². The molecule has 5 heteroatoms. The Morgan fingerprint density at radius 1 is 1.00 bits per heavy atom. The zero-order valence-corrected chi connectivity index (χ0v) is 15.1. The third kappa shape index (κ3) is 3.83. The van der Waals surface area contributed by atoms with Crippen LogP contribution in [0.1, 0.15) is 30.9 Å². The summed E-state index contributed by atoms with van der Waals surface area (Å²) in [7, 11) is 0. The van der Waals surface area contributed by atoms with E-state index in [9.17, 15) is 14.9 Å². The third-order valence-electron chi connectivity index (χ3n) is 4.51. The third-order valence-corrected chi connectivity index (χ3v) is 4.51. The van der Waals surface area contributed by atoms with E-state index < -0.39 is 5.92 Å². The van der Waals surface area contributed by atoms with Crippen molar-refractivity contribution < 1.29 is 9.13 Å². The zero-order chi connectivity index (χ0) is 19.4. The minimum Gasteiger partial charge on any atom is -0.489 e. The molecule has 1 N–H and O–H groups in total. The minimum absolute atomic E-state index is 0.288. The van der Waals surface area contributed by atoms with Gasteiger partial charge in [0.15, 0.2) is 0 Å². The molecule has 27 heavy (non-hydrogen) atoms. The van der Waals surface area contributed by atoms with Gasteiger partial charge in [0, 0.05) is 11.4 Å². The van der Waals surface area contributed by atoms with Crippen LogP contribution in [0.15, 0.2) is 71.1 Å². The van der Waals surface area contributed by atoms with Crippen molar-refractivity contribution in [1.29, 1.82) is 10.5 Å². The summed E-state index contributed by atoms with van der Waals surface area (Å²) in [5.74, 6) is -0.0834. The molecule has 0 radical (unpaired) electrons. The van der Waals surface area contributed by atoms with Gasteiger partial charge in [-0.25, -0.2) is 4.39 Å². The highest BCUT2D eigenvalue weighted by Crippen LogP contribution is 2.38. The van der Waals surface area contributed by atoms with Crippen LogP contribution in [0.4, 0.5) is 4.39 Å². The van der Waals surface area contributed by atoms with Gasteiger partial charge >= 0.3 is 0 Å². The lowest BCUT2D eigenvalue weighted by Gasteiger charge is -2.26. The van der Waals surface area contributed by atoms with Gasteiger partial charge in [-0.3, -0.25) is 0 Å². The van der Waals surface area contributed by atoms with Gasteiger partial charge in [-0.05, 0) is 49.2 Å². The fraction of sp³-hybridized carbons (Fsp3) is 0.182. The van der Waals surface area contributed by atoms with Crippen LogP contribution in [0.25, 0.3) is 0 Å². The normalized spacial score (nSPS) is 14.4. The van der Waals surface area contributed by atoms with Crippen molar-refractivity contribution in [2.45, 2.75) is 26.4 Å². The highest BCUT2D eigenvalue weighted by molar-refractivity contribution is 5.55. The highest BCUT2D eigenvalue weighted by Gasteiger charge is 2.29. The van der Waals surface area contributed by atoms with Crippen molar-refractivity contribution in [2.24, 2.45) is 0 Å². The average molecular weight is 359 g/mol. The molecular formula is C22H18FN3O. The Bertz CT molecular complexity index is 971. The van der Waals surface area contributed by atoms with Crippen molar-refractivity contribution >= 4 is 0 Å². The first-order valence-corrected chi connectivity index (χ1v) is 8.49. The van der Waals surface area contributed by atoms with Gasteiger partial charge in [-0.1, -0.05) is 24.3 Å². The molecule has 0 aliphatic carbocycles. The summed E-state index contributed by atoms with van der Waals surface area (Å²) in [6, 6.07) is 18.0. The molecule has 0 atom stereocenters. The predicted molar refractivity (Wildman–Crippen MR) is 99.7 cm³/mol. The smallest absolute Gasteiger partial charge is 0.123 e. The number of benzene rings is 2. The Hall–Kier alpha value is -3.57. The maximum Gasteiger partial charge on any atom is 0.123 e. The summed E-state index contributed by atoms with van der Waals surface area (Å²) in [5.41, 5.74) is 4.21. The van der Waals surface area contributed by atoms with Gasteiger partial charge in [0.1, 0.15) is 18.2 Å². The number of nitriles is 2. The molecule has 0 aromatic heterocycles. The second kappa shape index (κ2) is 7.76. The van der Waals surface area contributed by atoms with E-state index in [1.165, 1.54) is 12.1 Å². The lowest BCUT2D eigenvalue weighted by atomic mass is 9.81. The van der Waals surface area contributed by atoms with Gasteiger partial charge in [-0.2, -0.15) is 10.5 Å². The fourth-order valence-corrected chi connectivity index (χ4v) is 3.15. The molecule has 0 amide bonds. The Kier molecular flexibility index (Phi) is 5.24. The van der Waals surface area contributed by atoms with Crippen LogP contribution < -0.4 is 10.1 Å². The number of halogens is 1. The Balaban J connectivity index is 1.89. The second-order valence-electron chi connectivity index (χ2n) is 6.35. The maximum absolute atomic E-state index is 13.0. The molecule has 4 nitrogen and oxygen atoms in total. The molecular weight excluding hydrogens is 341 g/mol. The maximum atomic E-state index is 13.0. The van der Waals surface area contributed by atoms with Crippen LogP contribution in [0.2, 0.25) is 0 Å². The van der Waals surface area contributed by atoms with Crippen LogP contribution in [0.5, 0.6) is 5.75 Å². The minimum atomic E-state index is -0.421. The molecule has 134 valence electrons. The lowest BCUT2D eigenvalue weighted by Crippen LogP contribution is -2.23. The molecule has 3 rings (SSSR count). The highest BCUT2D eigenvalue weighted by atomic mass is 19.1. The van der Waals surface area contributed by atoms with E-state index in [1.807, 2.05) is 38.1 Å². The van der Waals surface area contributed by atoms with Crippen molar-refractivity contribution in [3.63, 3.8) is 0 Å². The summed E-state index contributed by atoms with van der Waals surface area (Å²) < 4.78 is 18.8. The van der Waals surface area contributed by atoms with Gasteiger partial charge in [0.25, 0.3) is 0 Å². The predicted octanol–water partition coefficient (Wildman–Crippen LogP) is 4.69. The monoisotopic (exact) mass is 359 g/mol. The number of hydrogen-bond donors (Lipinski definition) is 1. The quantitative estimate of drug-likeness (QED) is 0.860. The number of allylic oxidation sites excluding steroid dienone is 4. The van der Waals surface area contributed by atoms with E-state index in [1.54, 1.807) is 12.1 Å². The molecule has 1 heterocycles. The number of dihydropyridines is 1. The first-order valence-electron chi connectivity index (χ1n) is 8.49. The molecule has 0 spiro atoms. The number of nitrogens with one attached hydrogen (secondary N) is 1. The molecule has 1 aliphatic heterocycles. The largest absolute Gasteiger partial charge is 0.489 e. The Morgan fingerprint density at radius 3 is 2.22 bits per heavy atom. The van der Waals surface area contributed by atoms with E-state index >= 15 is 0 Å². The van der Waals surface area contributed by atoms with Crippen molar-refractivity contribution in [2.75, 3.05) is 0 Å². The van der Waals surface area contributed by atoms with Gasteiger partial charge < -0.3 is 10.1 Å². The Labute approximate surface area is 157 Å². The SMILES string of the molecule is CC1=C(C#N)C(c2cccc(OCc3ccc(F)cc3)c2)C(C#N)=C(C)N1. The average Bonchev–Trinajstić information content (AvgIpc) is 2.67. The first kappa shape index (κ1) is 18.2.